The second kappa shape index (κ2) is 5.07. The van der Waals surface area contributed by atoms with Gasteiger partial charge in [0.2, 0.25) is 11.2 Å². The summed E-state index contributed by atoms with van der Waals surface area (Å²) < 4.78 is 27.2. The number of halogens is 1. The lowest BCUT2D eigenvalue weighted by molar-refractivity contribution is -0.269. The summed E-state index contributed by atoms with van der Waals surface area (Å²) in [4.78, 5) is 11.3. The van der Waals surface area contributed by atoms with Crippen LogP contribution in [0.4, 0.5) is 4.79 Å². The smallest absolute Gasteiger partial charge is 0.439 e. The molecule has 1 atom stereocenters. The Morgan fingerprint density at radius 2 is 2.07 bits per heavy atom. The van der Waals surface area contributed by atoms with Crippen molar-refractivity contribution in [2.75, 3.05) is 19.8 Å². The SMILES string of the molecule is CCOC1(OCC)COC(=O)N1[P+](=O)Cl. The standard InChI is InChI=1S/C7H12ClNO5P/c1-3-13-7(14-4-2)5-12-6(10)9(7)15(8)11/h3-5H2,1-2H3/q+1. The third-order valence-electron chi connectivity index (χ3n) is 1.77. The Kier molecular flexibility index (Phi) is 4.28. The molecule has 1 amide bonds. The summed E-state index contributed by atoms with van der Waals surface area (Å²) in [6.07, 6.45) is -0.798. The number of hydrogen-bond acceptors (Lipinski definition) is 5. The predicted molar refractivity (Wildman–Crippen MR) is 52.6 cm³/mol. The fourth-order valence-corrected chi connectivity index (χ4v) is 2.43. The zero-order valence-electron chi connectivity index (χ0n) is 8.43. The molecule has 1 saturated heterocycles. The first kappa shape index (κ1) is 12.6. The van der Waals surface area contributed by atoms with E-state index in [4.69, 9.17) is 25.5 Å². The lowest BCUT2D eigenvalue weighted by atomic mass is 10.5. The van der Waals surface area contributed by atoms with E-state index in [0.717, 1.165) is 4.67 Å². The van der Waals surface area contributed by atoms with Crippen LogP contribution < -0.4 is 0 Å². The van der Waals surface area contributed by atoms with Gasteiger partial charge in [-0.1, -0.05) is 0 Å². The van der Waals surface area contributed by atoms with Crippen molar-refractivity contribution in [3.05, 3.63) is 0 Å². The van der Waals surface area contributed by atoms with Crippen LogP contribution in [0.25, 0.3) is 0 Å². The molecule has 0 saturated carbocycles. The average Bonchev–Trinajstić information content (AvgIpc) is 2.44. The molecule has 1 aliphatic heterocycles. The second-order valence-electron chi connectivity index (χ2n) is 2.67. The average molecular weight is 257 g/mol. The maximum Gasteiger partial charge on any atom is 0.595 e. The number of ether oxygens (including phenoxy) is 3. The molecule has 8 heteroatoms. The molecule has 6 nitrogen and oxygen atoms in total. The number of carbonyl (C=O) groups is 1. The maximum atomic E-state index is 11.3. The Bertz CT molecular complexity index is 268. The summed E-state index contributed by atoms with van der Waals surface area (Å²) in [5.41, 5.74) is 0. The molecule has 86 valence electrons. The highest BCUT2D eigenvalue weighted by molar-refractivity contribution is 7.72. The van der Waals surface area contributed by atoms with Crippen molar-refractivity contribution in [2.24, 2.45) is 0 Å². The highest BCUT2D eigenvalue weighted by Gasteiger charge is 2.60. The maximum absolute atomic E-state index is 11.3. The largest absolute Gasteiger partial charge is 0.595 e. The minimum atomic E-state index is -2.42. The molecule has 1 unspecified atom stereocenters. The zero-order valence-corrected chi connectivity index (χ0v) is 10.1. The van der Waals surface area contributed by atoms with E-state index >= 15 is 0 Å². The van der Waals surface area contributed by atoms with Crippen LogP contribution in [0.15, 0.2) is 0 Å². The predicted octanol–water partition coefficient (Wildman–Crippen LogP) is 2.06. The summed E-state index contributed by atoms with van der Waals surface area (Å²) in [7, 11) is -2.42. The Labute approximate surface area is 93.0 Å². The van der Waals surface area contributed by atoms with E-state index < -0.39 is 19.3 Å². The van der Waals surface area contributed by atoms with Gasteiger partial charge in [-0.15, -0.1) is 0 Å². The van der Waals surface area contributed by atoms with E-state index in [9.17, 15) is 9.36 Å². The normalized spacial score (nSPS) is 20.3. The van der Waals surface area contributed by atoms with Gasteiger partial charge in [-0.3, -0.25) is 0 Å². The Hall–Kier alpha value is -0.420. The van der Waals surface area contributed by atoms with Crippen LogP contribution in [0, 0.1) is 0 Å². The van der Waals surface area contributed by atoms with Crippen molar-refractivity contribution in [1.29, 1.82) is 0 Å². The number of cyclic esters (lactones) is 1. The molecule has 0 spiro atoms. The molecule has 0 N–H and O–H groups in total. The van der Waals surface area contributed by atoms with Crippen molar-refractivity contribution in [3.8, 4) is 0 Å². The first-order valence-electron chi connectivity index (χ1n) is 4.45. The molecule has 1 heterocycles. The van der Waals surface area contributed by atoms with Gasteiger partial charge in [-0.05, 0) is 23.1 Å². The van der Waals surface area contributed by atoms with E-state index in [1.54, 1.807) is 13.8 Å². The minimum absolute atomic E-state index is 0.138. The molecular formula is C7H12ClNO5P+. The molecule has 1 aliphatic rings. The fraction of sp³-hybridized carbons (Fsp3) is 0.857. The lowest BCUT2D eigenvalue weighted by Crippen LogP contribution is -2.47. The molecule has 15 heavy (non-hydrogen) atoms. The summed E-state index contributed by atoms with van der Waals surface area (Å²) in [6.45, 7) is 3.88. The summed E-state index contributed by atoms with van der Waals surface area (Å²) in [6, 6.07) is 0. The van der Waals surface area contributed by atoms with E-state index in [-0.39, 0.29) is 19.8 Å². The van der Waals surface area contributed by atoms with E-state index in [1.165, 1.54) is 0 Å². The fourth-order valence-electron chi connectivity index (χ4n) is 1.30. The van der Waals surface area contributed by atoms with E-state index in [2.05, 4.69) is 0 Å². The van der Waals surface area contributed by atoms with Crippen molar-refractivity contribution in [3.63, 3.8) is 0 Å². The van der Waals surface area contributed by atoms with Gasteiger partial charge in [-0.25, -0.2) is 4.79 Å². The molecule has 0 aliphatic carbocycles. The first-order chi connectivity index (χ1) is 7.07. The van der Waals surface area contributed by atoms with Crippen molar-refractivity contribution < 1.29 is 23.6 Å². The monoisotopic (exact) mass is 256 g/mol. The molecule has 0 radical (unpaired) electrons. The van der Waals surface area contributed by atoms with Gasteiger partial charge in [0.15, 0.2) is 6.61 Å². The highest BCUT2D eigenvalue weighted by Crippen LogP contribution is 2.44. The van der Waals surface area contributed by atoms with Gasteiger partial charge in [0.1, 0.15) is 0 Å². The van der Waals surface area contributed by atoms with E-state index in [1.807, 2.05) is 0 Å². The topological polar surface area (TPSA) is 65.1 Å². The number of amides is 1. The molecule has 0 aromatic heterocycles. The first-order valence-corrected chi connectivity index (χ1v) is 6.57. The van der Waals surface area contributed by atoms with Crippen molar-refractivity contribution >= 4 is 24.6 Å². The summed E-state index contributed by atoms with van der Waals surface area (Å²) in [5.74, 6) is -1.45. The van der Waals surface area contributed by atoms with Gasteiger partial charge in [-0.2, -0.15) is 0 Å². The van der Waals surface area contributed by atoms with Gasteiger partial charge >= 0.3 is 19.3 Å². The number of hydrogen-bond donors (Lipinski definition) is 0. The Balaban J connectivity index is 2.94. The van der Waals surface area contributed by atoms with Crippen LogP contribution in [0.1, 0.15) is 13.8 Å². The van der Waals surface area contributed by atoms with Gasteiger partial charge < -0.3 is 14.2 Å². The molecule has 0 aromatic carbocycles. The molecule has 1 fully saturated rings. The van der Waals surface area contributed by atoms with Crippen LogP contribution in [-0.2, 0) is 18.8 Å². The third-order valence-corrected chi connectivity index (χ3v) is 3.01. The van der Waals surface area contributed by atoms with Crippen molar-refractivity contribution in [1.82, 2.24) is 4.67 Å². The highest BCUT2D eigenvalue weighted by atomic mass is 35.7. The molecule has 0 aromatic rings. The summed E-state index contributed by atoms with van der Waals surface area (Å²) in [5, 5.41) is 0. The molecule has 1 rings (SSSR count). The van der Waals surface area contributed by atoms with Crippen molar-refractivity contribution in [2.45, 2.75) is 19.8 Å². The number of carbonyl (C=O) groups excluding carboxylic acids is 1. The number of rotatable bonds is 5. The lowest BCUT2D eigenvalue weighted by Gasteiger charge is -2.25. The van der Waals surface area contributed by atoms with E-state index in [0.29, 0.717) is 0 Å². The number of nitrogens with zero attached hydrogens (tertiary/aromatic N) is 1. The van der Waals surface area contributed by atoms with Crippen LogP contribution in [-0.4, -0.2) is 36.5 Å². The Morgan fingerprint density at radius 3 is 2.47 bits per heavy atom. The van der Waals surface area contributed by atoms with Crippen LogP contribution in [0.3, 0.4) is 0 Å². The van der Waals surface area contributed by atoms with Gasteiger partial charge in [0.05, 0.1) is 0 Å². The Morgan fingerprint density at radius 1 is 1.53 bits per heavy atom. The van der Waals surface area contributed by atoms with Crippen LogP contribution in [0.5, 0.6) is 0 Å². The van der Waals surface area contributed by atoms with Gasteiger partial charge in [0, 0.05) is 13.2 Å². The van der Waals surface area contributed by atoms with Gasteiger partial charge in [0.25, 0.3) is 0 Å². The zero-order chi connectivity index (χ0) is 11.5. The quantitative estimate of drug-likeness (QED) is 0.556. The third kappa shape index (κ3) is 2.39. The molecular weight excluding hydrogens is 245 g/mol. The van der Waals surface area contributed by atoms with Crippen LogP contribution in [0.2, 0.25) is 0 Å². The summed E-state index contributed by atoms with van der Waals surface area (Å²) >= 11 is 5.41. The second-order valence-corrected chi connectivity index (χ2v) is 4.39. The van der Waals surface area contributed by atoms with Crippen LogP contribution >= 0.6 is 18.5 Å². The molecule has 0 bridgehead atoms. The minimum Gasteiger partial charge on any atom is -0.439 e.